The number of imidazole rings is 1. The van der Waals surface area contributed by atoms with E-state index in [0.29, 0.717) is 25.7 Å². The molecule has 0 spiro atoms. The maximum atomic E-state index is 12.6. The van der Waals surface area contributed by atoms with Gasteiger partial charge in [0.2, 0.25) is 5.95 Å². The molecule has 0 aliphatic carbocycles. The van der Waals surface area contributed by atoms with Gasteiger partial charge < -0.3 is 24.7 Å². The molecule has 0 aromatic carbocycles. The number of primary amides is 1. The summed E-state index contributed by atoms with van der Waals surface area (Å²) >= 11 is 0. The molecule has 0 fully saturated rings. The first kappa shape index (κ1) is 16.0. The number of carbonyl (C=O) groups is 1. The molecule has 1 aliphatic rings. The van der Waals surface area contributed by atoms with Gasteiger partial charge >= 0.3 is 7.60 Å². The molecular weight excluding hydrogens is 295 g/mol. The zero-order chi connectivity index (χ0) is 15.5. The Morgan fingerprint density at radius 3 is 2.76 bits per heavy atom. The van der Waals surface area contributed by atoms with Crippen LogP contribution in [0.5, 0.6) is 0 Å². The van der Waals surface area contributed by atoms with Crippen molar-refractivity contribution in [2.45, 2.75) is 26.3 Å². The number of fused-ring (bicyclic) bond motifs is 1. The second-order valence-electron chi connectivity index (χ2n) is 4.72. The molecule has 21 heavy (non-hydrogen) atoms. The number of rotatable bonds is 7. The molecule has 1 amide bonds. The smallest absolute Gasteiger partial charge is 0.332 e. The van der Waals surface area contributed by atoms with Crippen LogP contribution in [0.15, 0.2) is 6.20 Å². The van der Waals surface area contributed by atoms with E-state index in [2.05, 4.69) is 10.3 Å². The lowest BCUT2D eigenvalue weighted by atomic mass is 10.2. The quantitative estimate of drug-likeness (QED) is 0.740. The molecule has 1 aromatic rings. The Kier molecular flexibility index (Phi) is 5.03. The molecule has 2 heterocycles. The molecule has 3 N–H and O–H groups in total. The maximum Gasteiger partial charge on any atom is 0.332 e. The maximum absolute atomic E-state index is 12.6. The van der Waals surface area contributed by atoms with Crippen molar-refractivity contribution in [3.63, 3.8) is 0 Å². The van der Waals surface area contributed by atoms with Crippen molar-refractivity contribution in [3.8, 4) is 0 Å². The van der Waals surface area contributed by atoms with Crippen LogP contribution in [-0.4, -0.2) is 41.4 Å². The number of nitrogens with two attached hydrogens (primary N) is 1. The zero-order valence-corrected chi connectivity index (χ0v) is 13.1. The van der Waals surface area contributed by atoms with Gasteiger partial charge in [-0.25, -0.2) is 4.98 Å². The minimum atomic E-state index is -3.15. The fourth-order valence-corrected chi connectivity index (χ4v) is 4.33. The van der Waals surface area contributed by atoms with Crippen LogP contribution in [-0.2, 0) is 13.6 Å². The number of hydrogen-bond donors (Lipinski definition) is 2. The zero-order valence-electron chi connectivity index (χ0n) is 12.2. The predicted molar refractivity (Wildman–Crippen MR) is 78.6 cm³/mol. The van der Waals surface area contributed by atoms with Crippen LogP contribution in [0.3, 0.4) is 0 Å². The first-order valence-corrected chi connectivity index (χ1v) is 8.72. The van der Waals surface area contributed by atoms with Crippen LogP contribution in [0.1, 0.15) is 36.8 Å². The van der Waals surface area contributed by atoms with E-state index in [1.807, 2.05) is 0 Å². The summed E-state index contributed by atoms with van der Waals surface area (Å²) in [6, 6.07) is -0.106. The predicted octanol–water partition coefficient (Wildman–Crippen LogP) is 1.60. The number of aromatic nitrogens is 2. The SMILES string of the molecule is CCOP(=O)(C[C@@H]1CCNc2nc(C(N)=O)cn21)OCC. The minimum absolute atomic E-state index is 0.106. The molecule has 1 atom stereocenters. The van der Waals surface area contributed by atoms with Gasteiger partial charge in [-0.05, 0) is 20.3 Å². The highest BCUT2D eigenvalue weighted by Crippen LogP contribution is 2.51. The van der Waals surface area contributed by atoms with Crippen LogP contribution >= 0.6 is 7.60 Å². The Balaban J connectivity index is 2.22. The van der Waals surface area contributed by atoms with E-state index >= 15 is 0 Å². The molecule has 8 nitrogen and oxygen atoms in total. The van der Waals surface area contributed by atoms with Gasteiger partial charge in [0.25, 0.3) is 5.91 Å². The van der Waals surface area contributed by atoms with Gasteiger partial charge in [-0.3, -0.25) is 9.36 Å². The second-order valence-corrected chi connectivity index (χ2v) is 6.82. The van der Waals surface area contributed by atoms with Gasteiger partial charge in [0, 0.05) is 18.8 Å². The molecule has 118 valence electrons. The van der Waals surface area contributed by atoms with Crippen molar-refractivity contribution in [2.24, 2.45) is 5.73 Å². The Morgan fingerprint density at radius 2 is 2.19 bits per heavy atom. The summed E-state index contributed by atoms with van der Waals surface area (Å²) in [7, 11) is -3.15. The van der Waals surface area contributed by atoms with Crippen LogP contribution in [0.25, 0.3) is 0 Å². The molecule has 0 radical (unpaired) electrons. The molecule has 2 rings (SSSR count). The summed E-state index contributed by atoms with van der Waals surface area (Å²) in [5.74, 6) is -0.0326. The van der Waals surface area contributed by atoms with E-state index in [0.717, 1.165) is 6.42 Å². The number of amides is 1. The summed E-state index contributed by atoms with van der Waals surface area (Å²) in [5.41, 5.74) is 5.43. The fourth-order valence-electron chi connectivity index (χ4n) is 2.38. The lowest BCUT2D eigenvalue weighted by Crippen LogP contribution is -2.25. The van der Waals surface area contributed by atoms with E-state index in [1.54, 1.807) is 24.6 Å². The highest BCUT2D eigenvalue weighted by Gasteiger charge is 2.32. The molecule has 9 heteroatoms. The van der Waals surface area contributed by atoms with Gasteiger partial charge in [0.15, 0.2) is 0 Å². The summed E-state index contributed by atoms with van der Waals surface area (Å²) in [6.45, 7) is 4.89. The van der Waals surface area contributed by atoms with Gasteiger partial charge in [-0.2, -0.15) is 0 Å². The normalized spacial score (nSPS) is 18.1. The van der Waals surface area contributed by atoms with Crippen molar-refractivity contribution in [3.05, 3.63) is 11.9 Å². The molecule has 1 aliphatic heterocycles. The van der Waals surface area contributed by atoms with Crippen molar-refractivity contribution in [1.29, 1.82) is 0 Å². The summed E-state index contributed by atoms with van der Waals surface area (Å²) < 4.78 is 25.1. The Bertz CT molecular complexity index is 549. The first-order chi connectivity index (χ1) is 9.99. The molecule has 0 bridgehead atoms. The van der Waals surface area contributed by atoms with E-state index < -0.39 is 13.5 Å². The first-order valence-electron chi connectivity index (χ1n) is 6.99. The van der Waals surface area contributed by atoms with Crippen molar-refractivity contribution in [2.75, 3.05) is 31.2 Å². The van der Waals surface area contributed by atoms with Gasteiger partial charge in [0.05, 0.1) is 19.4 Å². The Hall–Kier alpha value is -1.37. The Morgan fingerprint density at radius 1 is 1.52 bits per heavy atom. The van der Waals surface area contributed by atoms with Crippen LogP contribution < -0.4 is 11.1 Å². The summed E-state index contributed by atoms with van der Waals surface area (Å²) in [5, 5.41) is 3.09. The summed E-state index contributed by atoms with van der Waals surface area (Å²) in [6.07, 6.45) is 2.57. The Labute approximate surface area is 123 Å². The van der Waals surface area contributed by atoms with Crippen LogP contribution in [0, 0.1) is 0 Å². The van der Waals surface area contributed by atoms with Gasteiger partial charge in [-0.1, -0.05) is 0 Å². The number of anilines is 1. The number of carbonyl (C=O) groups excluding carboxylic acids is 1. The molecule has 0 saturated heterocycles. The third kappa shape index (κ3) is 3.64. The number of nitrogens with one attached hydrogen (secondary N) is 1. The topological polar surface area (TPSA) is 108 Å². The molecule has 0 unspecified atom stereocenters. The minimum Gasteiger partial charge on any atom is -0.364 e. The van der Waals surface area contributed by atoms with E-state index in [4.69, 9.17) is 14.8 Å². The standard InChI is InChI=1S/C12H21N4O4P/c1-3-19-21(18,20-4-2)8-9-5-6-14-12-15-10(11(13)17)7-16(9)12/h7,9H,3-6,8H2,1-2H3,(H2,13,17)(H,14,15)/t9-/m0/s1. The van der Waals surface area contributed by atoms with Crippen LogP contribution in [0.2, 0.25) is 0 Å². The van der Waals surface area contributed by atoms with Gasteiger partial charge in [0.1, 0.15) is 5.69 Å². The lowest BCUT2D eigenvalue weighted by Gasteiger charge is -2.28. The largest absolute Gasteiger partial charge is 0.364 e. The molecule has 1 aromatic heterocycles. The van der Waals surface area contributed by atoms with E-state index in [9.17, 15) is 9.36 Å². The average molecular weight is 316 g/mol. The lowest BCUT2D eigenvalue weighted by molar-refractivity contribution is 0.0996. The highest BCUT2D eigenvalue weighted by atomic mass is 31.2. The highest BCUT2D eigenvalue weighted by molar-refractivity contribution is 7.53. The van der Waals surface area contributed by atoms with Crippen LogP contribution in [0.4, 0.5) is 5.95 Å². The number of nitrogens with zero attached hydrogens (tertiary/aromatic N) is 2. The monoisotopic (exact) mass is 316 g/mol. The summed E-state index contributed by atoms with van der Waals surface area (Å²) in [4.78, 5) is 15.4. The average Bonchev–Trinajstić information content (AvgIpc) is 2.84. The van der Waals surface area contributed by atoms with Crippen molar-refractivity contribution < 1.29 is 18.4 Å². The van der Waals surface area contributed by atoms with Crippen molar-refractivity contribution in [1.82, 2.24) is 9.55 Å². The molecule has 0 saturated carbocycles. The van der Waals surface area contributed by atoms with E-state index in [1.165, 1.54) is 0 Å². The van der Waals surface area contributed by atoms with Gasteiger partial charge in [-0.15, -0.1) is 0 Å². The van der Waals surface area contributed by atoms with E-state index in [-0.39, 0.29) is 17.9 Å². The molecular formula is C12H21N4O4P. The fraction of sp³-hybridized carbons (Fsp3) is 0.667. The third-order valence-corrected chi connectivity index (χ3v) is 5.40. The van der Waals surface area contributed by atoms with Crippen molar-refractivity contribution >= 4 is 19.5 Å². The second kappa shape index (κ2) is 6.60. The third-order valence-electron chi connectivity index (χ3n) is 3.22. The number of hydrogen-bond acceptors (Lipinski definition) is 6.